The monoisotopic (exact) mass is 179 g/mol. The molecule has 72 valence electrons. The first-order valence-electron chi connectivity index (χ1n) is 4.66. The Kier molecular flexibility index (Phi) is 3.77. The van der Waals surface area contributed by atoms with Crippen LogP contribution in [0.4, 0.5) is 0 Å². The molecule has 1 aromatic heterocycles. The summed E-state index contributed by atoms with van der Waals surface area (Å²) < 4.78 is 5.34. The Hall–Kier alpha value is -1.02. The third kappa shape index (κ3) is 3.07. The van der Waals surface area contributed by atoms with Gasteiger partial charge < -0.3 is 9.73 Å². The second-order valence-corrected chi connectivity index (χ2v) is 3.29. The predicted molar refractivity (Wildman–Crippen MR) is 54.6 cm³/mol. The van der Waals surface area contributed by atoms with Crippen molar-refractivity contribution in [3.63, 3.8) is 0 Å². The van der Waals surface area contributed by atoms with Crippen molar-refractivity contribution in [2.45, 2.75) is 26.8 Å². The number of likely N-dealkylation sites (N-methyl/N-ethyl adjacent to an activating group) is 1. The number of hydrogen-bond donors (Lipinski definition) is 1. The second kappa shape index (κ2) is 4.87. The summed E-state index contributed by atoms with van der Waals surface area (Å²) in [6, 6.07) is 4.12. The summed E-state index contributed by atoms with van der Waals surface area (Å²) in [5, 5.41) is 3.35. The Morgan fingerprint density at radius 3 is 2.85 bits per heavy atom. The van der Waals surface area contributed by atoms with Crippen LogP contribution in [0.2, 0.25) is 0 Å². The van der Waals surface area contributed by atoms with Crippen molar-refractivity contribution >= 4 is 0 Å². The molecule has 2 nitrogen and oxygen atoms in total. The van der Waals surface area contributed by atoms with E-state index in [-0.39, 0.29) is 6.04 Å². The third-order valence-corrected chi connectivity index (χ3v) is 1.77. The van der Waals surface area contributed by atoms with E-state index in [0.29, 0.717) is 0 Å². The molecule has 0 aliphatic carbocycles. The largest absolute Gasteiger partial charge is 0.467 e. The summed E-state index contributed by atoms with van der Waals surface area (Å²) in [6.45, 7) is 7.21. The molecule has 0 aromatic carbocycles. The lowest BCUT2D eigenvalue weighted by Gasteiger charge is -2.11. The highest BCUT2D eigenvalue weighted by molar-refractivity contribution is 5.14. The van der Waals surface area contributed by atoms with E-state index in [4.69, 9.17) is 4.42 Å². The van der Waals surface area contributed by atoms with Gasteiger partial charge in [0.1, 0.15) is 5.76 Å². The quantitative estimate of drug-likeness (QED) is 0.719. The third-order valence-electron chi connectivity index (χ3n) is 1.77. The van der Waals surface area contributed by atoms with Crippen LogP contribution in [0.15, 0.2) is 34.5 Å². The molecule has 1 unspecified atom stereocenters. The van der Waals surface area contributed by atoms with E-state index in [0.717, 1.165) is 12.3 Å². The van der Waals surface area contributed by atoms with E-state index in [1.165, 1.54) is 5.57 Å². The van der Waals surface area contributed by atoms with Crippen LogP contribution < -0.4 is 5.32 Å². The predicted octanol–water partition coefficient (Wildman–Crippen LogP) is 2.90. The van der Waals surface area contributed by atoms with E-state index >= 15 is 0 Å². The number of allylic oxidation sites excluding steroid dienone is 1. The SMILES string of the molecule is CCNC(C=C(C)C)c1ccco1. The zero-order valence-electron chi connectivity index (χ0n) is 8.50. The van der Waals surface area contributed by atoms with Gasteiger partial charge in [0.25, 0.3) is 0 Å². The van der Waals surface area contributed by atoms with Gasteiger partial charge in [0.2, 0.25) is 0 Å². The maximum Gasteiger partial charge on any atom is 0.124 e. The van der Waals surface area contributed by atoms with Crippen LogP contribution >= 0.6 is 0 Å². The molecule has 0 saturated carbocycles. The molecule has 0 radical (unpaired) electrons. The highest BCUT2D eigenvalue weighted by Gasteiger charge is 2.08. The minimum absolute atomic E-state index is 0.213. The summed E-state index contributed by atoms with van der Waals surface area (Å²) in [6.07, 6.45) is 3.88. The van der Waals surface area contributed by atoms with Gasteiger partial charge in [-0.15, -0.1) is 0 Å². The molecule has 0 aliphatic rings. The number of nitrogens with one attached hydrogen (secondary N) is 1. The summed E-state index contributed by atoms with van der Waals surface area (Å²) in [4.78, 5) is 0. The molecular weight excluding hydrogens is 162 g/mol. The molecule has 1 rings (SSSR count). The van der Waals surface area contributed by atoms with Gasteiger partial charge >= 0.3 is 0 Å². The molecule has 1 heterocycles. The van der Waals surface area contributed by atoms with Crippen molar-refractivity contribution in [3.8, 4) is 0 Å². The standard InChI is InChI=1S/C11H17NO/c1-4-12-10(8-9(2)3)11-6-5-7-13-11/h5-8,10,12H,4H2,1-3H3. The number of rotatable bonds is 4. The van der Waals surface area contributed by atoms with Crippen molar-refractivity contribution in [3.05, 3.63) is 35.8 Å². The summed E-state index contributed by atoms with van der Waals surface area (Å²) in [5.41, 5.74) is 1.29. The smallest absolute Gasteiger partial charge is 0.124 e. The molecule has 0 amide bonds. The molecule has 0 fully saturated rings. The van der Waals surface area contributed by atoms with Crippen LogP contribution in [-0.4, -0.2) is 6.54 Å². The fourth-order valence-electron chi connectivity index (χ4n) is 1.26. The van der Waals surface area contributed by atoms with Crippen molar-refractivity contribution in [1.82, 2.24) is 5.32 Å². The van der Waals surface area contributed by atoms with E-state index in [9.17, 15) is 0 Å². The zero-order valence-corrected chi connectivity index (χ0v) is 8.50. The topological polar surface area (TPSA) is 25.2 Å². The first-order chi connectivity index (χ1) is 6.24. The summed E-state index contributed by atoms with van der Waals surface area (Å²) in [7, 11) is 0. The van der Waals surface area contributed by atoms with Crippen LogP contribution in [0, 0.1) is 0 Å². The van der Waals surface area contributed by atoms with Crippen molar-refractivity contribution in [2.24, 2.45) is 0 Å². The van der Waals surface area contributed by atoms with Crippen LogP contribution in [0.5, 0.6) is 0 Å². The highest BCUT2D eigenvalue weighted by atomic mass is 16.3. The molecule has 2 heteroatoms. The van der Waals surface area contributed by atoms with Gasteiger partial charge in [-0.1, -0.05) is 18.6 Å². The first-order valence-corrected chi connectivity index (χ1v) is 4.66. The molecule has 1 aromatic rings. The van der Waals surface area contributed by atoms with Crippen LogP contribution in [-0.2, 0) is 0 Å². The summed E-state index contributed by atoms with van der Waals surface area (Å²) in [5.74, 6) is 0.975. The summed E-state index contributed by atoms with van der Waals surface area (Å²) >= 11 is 0. The van der Waals surface area contributed by atoms with Crippen molar-refractivity contribution < 1.29 is 4.42 Å². The average molecular weight is 179 g/mol. The molecule has 1 atom stereocenters. The Morgan fingerprint density at radius 2 is 2.38 bits per heavy atom. The molecular formula is C11H17NO. The number of hydrogen-bond acceptors (Lipinski definition) is 2. The first kappa shape index (κ1) is 10.1. The molecule has 0 aliphatic heterocycles. The second-order valence-electron chi connectivity index (χ2n) is 3.29. The fourth-order valence-corrected chi connectivity index (χ4v) is 1.26. The maximum absolute atomic E-state index is 5.34. The minimum Gasteiger partial charge on any atom is -0.467 e. The van der Waals surface area contributed by atoms with E-state index in [1.807, 2.05) is 12.1 Å². The maximum atomic E-state index is 5.34. The molecule has 0 spiro atoms. The van der Waals surface area contributed by atoms with E-state index in [1.54, 1.807) is 6.26 Å². The van der Waals surface area contributed by atoms with Crippen LogP contribution in [0.1, 0.15) is 32.6 Å². The van der Waals surface area contributed by atoms with Crippen molar-refractivity contribution in [1.29, 1.82) is 0 Å². The lowest BCUT2D eigenvalue weighted by atomic mass is 10.1. The zero-order chi connectivity index (χ0) is 9.68. The number of furan rings is 1. The Labute approximate surface area is 79.6 Å². The van der Waals surface area contributed by atoms with Gasteiger partial charge in [0, 0.05) is 0 Å². The average Bonchev–Trinajstić information content (AvgIpc) is 2.54. The molecule has 1 N–H and O–H groups in total. The molecule has 0 bridgehead atoms. The van der Waals surface area contributed by atoms with Crippen molar-refractivity contribution in [2.75, 3.05) is 6.54 Å². The Morgan fingerprint density at radius 1 is 1.62 bits per heavy atom. The molecule has 13 heavy (non-hydrogen) atoms. The van der Waals surface area contributed by atoms with Gasteiger partial charge in [0.15, 0.2) is 0 Å². The van der Waals surface area contributed by atoms with Gasteiger partial charge in [-0.25, -0.2) is 0 Å². The van der Waals surface area contributed by atoms with Gasteiger partial charge in [-0.2, -0.15) is 0 Å². The molecule has 0 saturated heterocycles. The lowest BCUT2D eigenvalue weighted by molar-refractivity contribution is 0.457. The van der Waals surface area contributed by atoms with E-state index in [2.05, 4.69) is 32.2 Å². The van der Waals surface area contributed by atoms with Gasteiger partial charge in [-0.05, 0) is 32.5 Å². The van der Waals surface area contributed by atoms with Crippen LogP contribution in [0.25, 0.3) is 0 Å². The van der Waals surface area contributed by atoms with Gasteiger partial charge in [0.05, 0.1) is 12.3 Å². The fraction of sp³-hybridized carbons (Fsp3) is 0.455. The van der Waals surface area contributed by atoms with Crippen LogP contribution in [0.3, 0.4) is 0 Å². The minimum atomic E-state index is 0.213. The Bertz CT molecular complexity index is 258. The Balaban J connectivity index is 2.74. The normalized spacial score (nSPS) is 12.5. The van der Waals surface area contributed by atoms with Gasteiger partial charge in [-0.3, -0.25) is 0 Å². The van der Waals surface area contributed by atoms with E-state index < -0.39 is 0 Å². The lowest BCUT2D eigenvalue weighted by Crippen LogP contribution is -2.18. The highest BCUT2D eigenvalue weighted by Crippen LogP contribution is 2.16.